The van der Waals surface area contributed by atoms with Crippen molar-refractivity contribution in [3.63, 3.8) is 0 Å². The average molecular weight is 474 g/mol. The monoisotopic (exact) mass is 474 g/mol. The number of hydrogen-bond acceptors (Lipinski definition) is 2. The first-order valence-electron chi connectivity index (χ1n) is 8.19. The molecule has 0 atom stereocenters. The van der Waals surface area contributed by atoms with Crippen molar-refractivity contribution in [1.29, 1.82) is 0 Å². The van der Waals surface area contributed by atoms with Crippen LogP contribution in [0.3, 0.4) is 0 Å². The molecule has 25 heavy (non-hydrogen) atoms. The molecular formula is C20H27IO3S. The van der Waals surface area contributed by atoms with Crippen LogP contribution in [0, 0.1) is 7.14 Å². The van der Waals surface area contributed by atoms with Crippen LogP contribution in [0.4, 0.5) is 0 Å². The summed E-state index contributed by atoms with van der Waals surface area (Å²) in [4.78, 5) is 0. The maximum atomic E-state index is 12.1. The van der Waals surface area contributed by atoms with E-state index in [1.165, 1.54) is 0 Å². The summed E-state index contributed by atoms with van der Waals surface area (Å²) in [5, 5.41) is 0. The zero-order chi connectivity index (χ0) is 19.0. The molecule has 0 aliphatic rings. The summed E-state index contributed by atoms with van der Waals surface area (Å²) in [6.07, 6.45) is 0. The van der Waals surface area contributed by atoms with Crippen molar-refractivity contribution >= 4 is 25.7 Å². The third-order valence-electron chi connectivity index (χ3n) is 4.01. The normalized spacial score (nSPS) is 13.6. The van der Waals surface area contributed by atoms with Gasteiger partial charge < -0.3 is 0 Å². The van der Waals surface area contributed by atoms with Crippen LogP contribution in [0.5, 0.6) is 0 Å². The van der Waals surface area contributed by atoms with E-state index in [0.29, 0.717) is 0 Å². The average Bonchev–Trinajstić information content (AvgIpc) is 2.45. The van der Waals surface area contributed by atoms with Gasteiger partial charge in [-0.2, -0.15) is 0 Å². The van der Waals surface area contributed by atoms with E-state index in [4.69, 9.17) is 0 Å². The number of benzene rings is 2. The molecule has 0 unspecified atom stereocenters. The van der Waals surface area contributed by atoms with E-state index >= 15 is 0 Å². The Kier molecular flexibility index (Phi) is 5.71. The van der Waals surface area contributed by atoms with E-state index in [1.807, 2.05) is 48.5 Å². The zero-order valence-electron chi connectivity index (χ0n) is 15.7. The van der Waals surface area contributed by atoms with Crippen LogP contribution in [0.25, 0.3) is 0 Å². The molecule has 2 aromatic rings. The van der Waals surface area contributed by atoms with Gasteiger partial charge in [0.25, 0.3) is 0 Å². The molecule has 0 amide bonds. The third kappa shape index (κ3) is 5.05. The standard InChI is InChI=1S/C20H27IO3S/c1-19(2,3)15-7-11-17(12-8-15)21(25(22,23)24)18-13-9-16(10-14-18)20(4,5)6/h7-14H,1-6H3,(H,22,23,24). The van der Waals surface area contributed by atoms with Crippen LogP contribution >= 0.6 is 18.4 Å². The van der Waals surface area contributed by atoms with Gasteiger partial charge in [0.2, 0.25) is 0 Å². The van der Waals surface area contributed by atoms with Crippen molar-refractivity contribution in [1.82, 2.24) is 0 Å². The Labute approximate surface area is 157 Å². The second-order valence-electron chi connectivity index (χ2n) is 8.17. The van der Waals surface area contributed by atoms with Crippen molar-refractivity contribution in [2.24, 2.45) is 0 Å². The Morgan fingerprint density at radius 2 is 0.960 bits per heavy atom. The van der Waals surface area contributed by atoms with E-state index < -0.39 is 25.7 Å². The molecule has 2 aromatic carbocycles. The summed E-state index contributed by atoms with van der Waals surface area (Å²) in [5.41, 5.74) is 2.30. The summed E-state index contributed by atoms with van der Waals surface area (Å²) in [5.74, 6) is 0. The molecule has 2 rings (SSSR count). The fraction of sp³-hybridized carbons (Fsp3) is 0.400. The van der Waals surface area contributed by atoms with Crippen molar-refractivity contribution in [3.8, 4) is 0 Å². The SMILES string of the molecule is CC(C)(C)c1ccc(I(c2ccc(C(C)(C)C)cc2)S(=O)(=O)O)cc1. The van der Waals surface area contributed by atoms with Gasteiger partial charge in [0, 0.05) is 0 Å². The van der Waals surface area contributed by atoms with Crippen LogP contribution < -0.4 is 0 Å². The number of hydrogen-bond donors (Lipinski definition) is 1. The fourth-order valence-electron chi connectivity index (χ4n) is 2.48. The van der Waals surface area contributed by atoms with Gasteiger partial charge in [0.15, 0.2) is 0 Å². The predicted molar refractivity (Wildman–Crippen MR) is 113 cm³/mol. The Morgan fingerprint density at radius 3 is 1.16 bits per heavy atom. The molecule has 0 aliphatic heterocycles. The second kappa shape index (κ2) is 7.00. The Hall–Kier alpha value is -0.920. The van der Waals surface area contributed by atoms with E-state index in [-0.39, 0.29) is 10.8 Å². The first kappa shape index (κ1) is 20.4. The van der Waals surface area contributed by atoms with Gasteiger partial charge in [0.1, 0.15) is 0 Å². The molecule has 0 saturated heterocycles. The quantitative estimate of drug-likeness (QED) is 0.357. The van der Waals surface area contributed by atoms with Gasteiger partial charge in [-0.1, -0.05) is 0 Å². The summed E-state index contributed by atoms with van der Waals surface area (Å²) in [7, 11) is -4.11. The molecule has 3 nitrogen and oxygen atoms in total. The fourth-order valence-corrected chi connectivity index (χ4v) is 10.9. The Balaban J connectivity index is 2.48. The van der Waals surface area contributed by atoms with Crippen molar-refractivity contribution < 1.29 is 13.0 Å². The third-order valence-corrected chi connectivity index (χ3v) is 13.8. The molecular weight excluding hydrogens is 447 g/mol. The summed E-state index contributed by atoms with van der Waals surface area (Å²) >= 11 is -2.98. The second-order valence-corrected chi connectivity index (χ2v) is 18.3. The van der Waals surface area contributed by atoms with Gasteiger partial charge in [-0.15, -0.1) is 0 Å². The van der Waals surface area contributed by atoms with Crippen LogP contribution in [-0.4, -0.2) is 13.0 Å². The van der Waals surface area contributed by atoms with Crippen molar-refractivity contribution in [2.75, 3.05) is 0 Å². The molecule has 0 aromatic heterocycles. The summed E-state index contributed by atoms with van der Waals surface area (Å²) in [6.45, 7) is 12.7. The Morgan fingerprint density at radius 1 is 0.680 bits per heavy atom. The maximum absolute atomic E-state index is 12.1. The first-order chi connectivity index (χ1) is 11.3. The topological polar surface area (TPSA) is 54.4 Å². The van der Waals surface area contributed by atoms with E-state index in [1.54, 1.807) is 0 Å². The molecule has 0 fully saturated rings. The molecule has 138 valence electrons. The van der Waals surface area contributed by atoms with Gasteiger partial charge in [-0.3, -0.25) is 0 Å². The first-order valence-corrected chi connectivity index (χ1v) is 14.3. The molecule has 0 aliphatic carbocycles. The van der Waals surface area contributed by atoms with Crippen LogP contribution in [0.15, 0.2) is 48.5 Å². The van der Waals surface area contributed by atoms with Crippen molar-refractivity contribution in [2.45, 2.75) is 52.4 Å². The molecule has 0 bridgehead atoms. The predicted octanol–water partition coefficient (Wildman–Crippen LogP) is 5.63. The van der Waals surface area contributed by atoms with E-state index in [0.717, 1.165) is 18.3 Å². The minimum atomic E-state index is -4.11. The van der Waals surface area contributed by atoms with E-state index in [9.17, 15) is 13.0 Å². The summed E-state index contributed by atoms with van der Waals surface area (Å²) in [6, 6.07) is 15.3. The molecule has 0 spiro atoms. The van der Waals surface area contributed by atoms with Gasteiger partial charge in [-0.25, -0.2) is 0 Å². The molecule has 0 radical (unpaired) electrons. The molecule has 0 heterocycles. The Bertz CT molecular complexity index is 767. The van der Waals surface area contributed by atoms with Crippen molar-refractivity contribution in [3.05, 3.63) is 66.8 Å². The van der Waals surface area contributed by atoms with Crippen LogP contribution in [0.1, 0.15) is 52.7 Å². The number of rotatable bonds is 3. The summed E-state index contributed by atoms with van der Waals surface area (Å²) < 4.78 is 35.6. The van der Waals surface area contributed by atoms with Gasteiger partial charge >= 0.3 is 158 Å². The van der Waals surface area contributed by atoms with Crippen LogP contribution in [-0.2, 0) is 18.1 Å². The van der Waals surface area contributed by atoms with E-state index in [2.05, 4.69) is 41.5 Å². The molecule has 0 saturated carbocycles. The zero-order valence-corrected chi connectivity index (χ0v) is 18.6. The molecule has 1 N–H and O–H groups in total. The van der Waals surface area contributed by atoms with Gasteiger partial charge in [-0.05, 0) is 0 Å². The number of halogens is 1. The minimum absolute atomic E-state index is 0.00399. The van der Waals surface area contributed by atoms with Crippen LogP contribution in [0.2, 0.25) is 0 Å². The molecule has 5 heteroatoms. The van der Waals surface area contributed by atoms with Gasteiger partial charge in [0.05, 0.1) is 0 Å².